The van der Waals surface area contributed by atoms with Crippen molar-refractivity contribution < 1.29 is 19.8 Å². The van der Waals surface area contributed by atoms with Gasteiger partial charge in [0.15, 0.2) is 0 Å². The van der Waals surface area contributed by atoms with Crippen LogP contribution in [0, 0.1) is 0 Å². The molecule has 0 saturated carbocycles. The van der Waals surface area contributed by atoms with Crippen molar-refractivity contribution >= 4 is 17.8 Å². The summed E-state index contributed by atoms with van der Waals surface area (Å²) in [6.45, 7) is 3.96. The molecule has 0 heterocycles. The number of aromatic carboxylic acids is 1. The van der Waals surface area contributed by atoms with E-state index in [1.165, 1.54) is 12.1 Å². The highest BCUT2D eigenvalue weighted by Crippen LogP contribution is 2.26. The maximum absolute atomic E-state index is 11.4. The van der Waals surface area contributed by atoms with E-state index >= 15 is 0 Å². The van der Waals surface area contributed by atoms with Gasteiger partial charge in [0, 0.05) is 0 Å². The molecule has 4 heteroatoms. The predicted molar refractivity (Wildman–Crippen MR) is 88.3 cm³/mol. The zero-order chi connectivity index (χ0) is 16.8. The predicted octanol–water partition coefficient (Wildman–Crippen LogP) is 3.13. The number of carbonyl (C=O) groups excluding carboxylic acids is 1. The molecule has 0 aliphatic carbocycles. The Morgan fingerprint density at radius 1 is 1.04 bits per heavy atom. The fraction of sp³-hybridized carbons (Fsp3) is 0.158. The Hall–Kier alpha value is -2.72. The Balaban J connectivity index is 2.12. The Morgan fingerprint density at radius 3 is 2.17 bits per heavy atom. The van der Waals surface area contributed by atoms with Crippen LogP contribution < -0.4 is 0 Å². The highest BCUT2D eigenvalue weighted by molar-refractivity contribution is 5.87. The second-order valence-electron chi connectivity index (χ2n) is 5.33. The molecule has 118 valence electrons. The van der Waals surface area contributed by atoms with E-state index in [1.54, 1.807) is 12.1 Å². The summed E-state index contributed by atoms with van der Waals surface area (Å²) >= 11 is 0. The number of hydrogen-bond donors (Lipinski definition) is 2. The van der Waals surface area contributed by atoms with Gasteiger partial charge in [0.25, 0.3) is 0 Å². The lowest BCUT2D eigenvalue weighted by atomic mass is 9.89. The Labute approximate surface area is 134 Å². The number of hydrogen-bond acceptors (Lipinski definition) is 3. The van der Waals surface area contributed by atoms with Crippen molar-refractivity contribution in [2.75, 3.05) is 0 Å². The molecule has 2 rings (SSSR count). The number of carboxylic acid groups (broad SMARTS) is 1. The number of carboxylic acids is 1. The third kappa shape index (κ3) is 4.14. The molecule has 0 amide bonds. The quantitative estimate of drug-likeness (QED) is 0.770. The largest absolute Gasteiger partial charge is 0.478 e. The fourth-order valence-corrected chi connectivity index (χ4v) is 2.41. The van der Waals surface area contributed by atoms with Gasteiger partial charge in [0.05, 0.1) is 17.6 Å². The van der Waals surface area contributed by atoms with Gasteiger partial charge >= 0.3 is 5.97 Å². The molecule has 2 aromatic carbocycles. The van der Waals surface area contributed by atoms with Crippen molar-refractivity contribution in [3.8, 4) is 0 Å². The van der Waals surface area contributed by atoms with Crippen LogP contribution in [0.3, 0.4) is 0 Å². The molecule has 23 heavy (non-hydrogen) atoms. The lowest BCUT2D eigenvalue weighted by molar-refractivity contribution is -0.111. The van der Waals surface area contributed by atoms with Gasteiger partial charge in [-0.2, -0.15) is 0 Å². The highest BCUT2D eigenvalue weighted by atomic mass is 16.4. The van der Waals surface area contributed by atoms with E-state index in [1.807, 2.05) is 30.3 Å². The lowest BCUT2D eigenvalue weighted by Crippen LogP contribution is -2.20. The topological polar surface area (TPSA) is 74.6 Å². The van der Waals surface area contributed by atoms with Gasteiger partial charge in [-0.1, -0.05) is 49.0 Å². The maximum Gasteiger partial charge on any atom is 0.335 e. The number of rotatable bonds is 7. The summed E-state index contributed by atoms with van der Waals surface area (Å²) in [5.41, 5.74) is 2.38. The van der Waals surface area contributed by atoms with Gasteiger partial charge < -0.3 is 15.0 Å². The minimum absolute atomic E-state index is 0.140. The van der Waals surface area contributed by atoms with E-state index in [0.29, 0.717) is 11.8 Å². The number of aliphatic hydroxyl groups is 1. The summed E-state index contributed by atoms with van der Waals surface area (Å²) in [4.78, 5) is 22.2. The van der Waals surface area contributed by atoms with E-state index in [2.05, 4.69) is 6.58 Å². The number of carbonyl (C=O) groups is 2. The summed E-state index contributed by atoms with van der Waals surface area (Å²) < 4.78 is 0. The maximum atomic E-state index is 11.4. The third-order valence-electron chi connectivity index (χ3n) is 3.74. The summed E-state index contributed by atoms with van der Waals surface area (Å²) in [6, 6.07) is 15.4. The minimum atomic E-state index is -1.03. The van der Waals surface area contributed by atoms with Crippen molar-refractivity contribution in [3.05, 3.63) is 77.9 Å². The SMILES string of the molecule is C=C(CC(O)C(C=O)c1ccc(C(=O)O)cc1)c1ccccc1. The van der Waals surface area contributed by atoms with Crippen molar-refractivity contribution in [2.45, 2.75) is 18.4 Å². The zero-order valence-electron chi connectivity index (χ0n) is 12.6. The van der Waals surface area contributed by atoms with Crippen molar-refractivity contribution in [2.24, 2.45) is 0 Å². The van der Waals surface area contributed by atoms with Gasteiger partial charge in [-0.05, 0) is 35.3 Å². The molecule has 0 aliphatic rings. The number of aldehydes is 1. The van der Waals surface area contributed by atoms with Crippen molar-refractivity contribution in [1.29, 1.82) is 0 Å². The normalized spacial score (nSPS) is 13.1. The van der Waals surface area contributed by atoms with E-state index < -0.39 is 18.0 Å². The van der Waals surface area contributed by atoms with Gasteiger partial charge in [0.2, 0.25) is 0 Å². The van der Waals surface area contributed by atoms with Crippen LogP contribution in [-0.4, -0.2) is 28.6 Å². The molecular weight excluding hydrogens is 292 g/mol. The fourth-order valence-electron chi connectivity index (χ4n) is 2.41. The van der Waals surface area contributed by atoms with Crippen molar-refractivity contribution in [1.82, 2.24) is 0 Å². The molecule has 2 unspecified atom stereocenters. The molecule has 4 nitrogen and oxygen atoms in total. The van der Waals surface area contributed by atoms with E-state index in [9.17, 15) is 14.7 Å². The Kier molecular flexibility index (Phi) is 5.44. The van der Waals surface area contributed by atoms with Crippen LogP contribution in [-0.2, 0) is 4.79 Å². The zero-order valence-corrected chi connectivity index (χ0v) is 12.6. The minimum Gasteiger partial charge on any atom is -0.478 e. The summed E-state index contributed by atoms with van der Waals surface area (Å²) in [5.74, 6) is -1.75. The van der Waals surface area contributed by atoms with Crippen molar-refractivity contribution in [3.63, 3.8) is 0 Å². The summed E-state index contributed by atoms with van der Waals surface area (Å²) in [6.07, 6.45) is 0.0168. The first kappa shape index (κ1) is 16.6. The summed E-state index contributed by atoms with van der Waals surface area (Å²) in [5, 5.41) is 19.3. The smallest absolute Gasteiger partial charge is 0.335 e. The molecule has 0 saturated heterocycles. The van der Waals surface area contributed by atoms with Gasteiger partial charge in [-0.15, -0.1) is 0 Å². The molecular formula is C19H18O4. The number of aliphatic hydroxyl groups excluding tert-OH is 1. The van der Waals surface area contributed by atoms with Crippen LogP contribution in [0.1, 0.15) is 33.8 Å². The summed E-state index contributed by atoms with van der Waals surface area (Å²) in [7, 11) is 0. The molecule has 2 N–H and O–H groups in total. The van der Waals surface area contributed by atoms with Crippen LogP contribution in [0.15, 0.2) is 61.2 Å². The first-order chi connectivity index (χ1) is 11.0. The average molecular weight is 310 g/mol. The lowest BCUT2D eigenvalue weighted by Gasteiger charge is -2.19. The molecule has 0 aromatic heterocycles. The van der Waals surface area contributed by atoms with Gasteiger partial charge in [-0.3, -0.25) is 0 Å². The first-order valence-electron chi connectivity index (χ1n) is 7.22. The second-order valence-corrected chi connectivity index (χ2v) is 5.33. The van der Waals surface area contributed by atoms with E-state index in [-0.39, 0.29) is 12.0 Å². The average Bonchev–Trinajstić information content (AvgIpc) is 2.56. The molecule has 2 atom stereocenters. The monoisotopic (exact) mass is 310 g/mol. The third-order valence-corrected chi connectivity index (χ3v) is 3.74. The highest BCUT2D eigenvalue weighted by Gasteiger charge is 2.22. The molecule has 0 aliphatic heterocycles. The first-order valence-corrected chi connectivity index (χ1v) is 7.22. The second kappa shape index (κ2) is 7.51. The van der Waals surface area contributed by atoms with E-state index in [0.717, 1.165) is 11.1 Å². The van der Waals surface area contributed by atoms with Crippen LogP contribution >= 0.6 is 0 Å². The molecule has 0 bridgehead atoms. The Morgan fingerprint density at radius 2 is 1.65 bits per heavy atom. The Bertz CT molecular complexity index is 689. The van der Waals surface area contributed by atoms with Crippen LogP contribution in [0.25, 0.3) is 5.57 Å². The standard InChI is InChI=1S/C19H18O4/c1-13(14-5-3-2-4-6-14)11-18(21)17(12-20)15-7-9-16(10-8-15)19(22)23/h2-10,12,17-18,21H,1,11H2,(H,22,23). The van der Waals surface area contributed by atoms with Crippen LogP contribution in [0.5, 0.6) is 0 Å². The molecule has 0 radical (unpaired) electrons. The molecule has 0 spiro atoms. The molecule has 0 fully saturated rings. The van der Waals surface area contributed by atoms with Gasteiger partial charge in [0.1, 0.15) is 6.29 Å². The number of benzene rings is 2. The van der Waals surface area contributed by atoms with Gasteiger partial charge in [-0.25, -0.2) is 4.79 Å². The van der Waals surface area contributed by atoms with Crippen LogP contribution in [0.2, 0.25) is 0 Å². The van der Waals surface area contributed by atoms with Crippen LogP contribution in [0.4, 0.5) is 0 Å². The molecule has 2 aromatic rings. The van der Waals surface area contributed by atoms with E-state index in [4.69, 9.17) is 5.11 Å².